The largest absolute Gasteiger partial charge is 0.384 e. The van der Waals surface area contributed by atoms with Crippen molar-refractivity contribution in [1.29, 1.82) is 0 Å². The fourth-order valence-electron chi connectivity index (χ4n) is 1.91. The topological polar surface area (TPSA) is 69.1 Å². The van der Waals surface area contributed by atoms with Crippen molar-refractivity contribution in [3.63, 3.8) is 0 Å². The molecular weight excluding hydrogens is 250 g/mol. The molecule has 0 aliphatic carbocycles. The molecule has 0 aromatic carbocycles. The number of rotatable bonds is 1. The molecule has 0 bridgehead atoms. The number of hydrogen-bond donors (Lipinski definition) is 1. The van der Waals surface area contributed by atoms with Crippen molar-refractivity contribution in [3.05, 3.63) is 41.4 Å². The Morgan fingerprint density at radius 2 is 2.06 bits per heavy atom. The lowest BCUT2D eigenvalue weighted by atomic mass is 10.3. The second-order valence-electron chi connectivity index (χ2n) is 3.91. The van der Waals surface area contributed by atoms with Crippen LogP contribution in [0.1, 0.15) is 5.82 Å². The number of imidazole rings is 1. The summed E-state index contributed by atoms with van der Waals surface area (Å²) in [5, 5.41) is 0.402. The van der Waals surface area contributed by atoms with Crippen molar-refractivity contribution in [2.75, 3.05) is 5.73 Å². The van der Waals surface area contributed by atoms with Gasteiger partial charge in [0.2, 0.25) is 0 Å². The highest BCUT2D eigenvalue weighted by molar-refractivity contribution is 6.32. The maximum absolute atomic E-state index is 6.17. The number of nitrogens with zero attached hydrogens (tertiary/aromatic N) is 4. The number of nitrogens with two attached hydrogens (primary N) is 1. The van der Waals surface area contributed by atoms with E-state index in [4.69, 9.17) is 17.3 Å². The molecule has 3 aromatic heterocycles. The van der Waals surface area contributed by atoms with Gasteiger partial charge in [0.1, 0.15) is 23.0 Å². The van der Waals surface area contributed by atoms with Gasteiger partial charge in [-0.3, -0.25) is 4.40 Å². The minimum atomic E-state index is 0.402. The molecule has 0 radical (unpaired) electrons. The van der Waals surface area contributed by atoms with Crippen LogP contribution in [0.3, 0.4) is 0 Å². The molecule has 3 aromatic rings. The molecule has 2 N–H and O–H groups in total. The maximum atomic E-state index is 6.17. The Hall–Kier alpha value is -2.14. The van der Waals surface area contributed by atoms with Gasteiger partial charge in [-0.05, 0) is 19.1 Å². The van der Waals surface area contributed by atoms with E-state index in [-0.39, 0.29) is 0 Å². The molecule has 0 saturated carbocycles. The summed E-state index contributed by atoms with van der Waals surface area (Å²) < 4.78 is 1.88. The predicted octanol–water partition coefficient (Wildman–Crippen LogP) is 2.34. The number of halogens is 1. The van der Waals surface area contributed by atoms with Crippen LogP contribution in [0.25, 0.3) is 17.0 Å². The summed E-state index contributed by atoms with van der Waals surface area (Å²) >= 11 is 6.17. The van der Waals surface area contributed by atoms with E-state index in [0.717, 1.165) is 11.3 Å². The third kappa shape index (κ3) is 1.69. The summed E-state index contributed by atoms with van der Waals surface area (Å²) in [5.41, 5.74) is 7.90. The van der Waals surface area contributed by atoms with Crippen LogP contribution in [0.2, 0.25) is 5.15 Å². The molecule has 0 aliphatic heterocycles. The first-order chi connectivity index (χ1) is 8.65. The highest BCUT2D eigenvalue weighted by Gasteiger charge is 2.14. The predicted molar refractivity (Wildman–Crippen MR) is 70.4 cm³/mol. The van der Waals surface area contributed by atoms with Crippen molar-refractivity contribution >= 4 is 23.1 Å². The molecule has 0 saturated heterocycles. The first-order valence-corrected chi connectivity index (χ1v) is 5.77. The molecule has 5 nitrogen and oxygen atoms in total. The van der Waals surface area contributed by atoms with Gasteiger partial charge in [-0.2, -0.15) is 0 Å². The Morgan fingerprint density at radius 3 is 2.83 bits per heavy atom. The smallest absolute Gasteiger partial charge is 0.157 e. The summed E-state index contributed by atoms with van der Waals surface area (Å²) in [4.78, 5) is 12.7. The van der Waals surface area contributed by atoms with E-state index in [2.05, 4.69) is 15.0 Å². The second-order valence-corrected chi connectivity index (χ2v) is 4.26. The highest BCUT2D eigenvalue weighted by Crippen LogP contribution is 2.27. The number of hydrogen-bond acceptors (Lipinski definition) is 4. The van der Waals surface area contributed by atoms with Crippen LogP contribution in [0.5, 0.6) is 0 Å². The molecule has 0 spiro atoms. The zero-order valence-corrected chi connectivity index (χ0v) is 10.4. The van der Waals surface area contributed by atoms with Gasteiger partial charge in [-0.1, -0.05) is 17.7 Å². The fourth-order valence-corrected chi connectivity index (χ4v) is 2.18. The van der Waals surface area contributed by atoms with Crippen LogP contribution < -0.4 is 5.73 Å². The fraction of sp³-hybridized carbons (Fsp3) is 0.0833. The number of fused-ring (bicyclic) bond motifs is 1. The van der Waals surface area contributed by atoms with Crippen LogP contribution in [-0.4, -0.2) is 19.4 Å². The van der Waals surface area contributed by atoms with Crippen molar-refractivity contribution in [2.45, 2.75) is 6.92 Å². The molecule has 0 unspecified atom stereocenters. The Morgan fingerprint density at radius 1 is 1.22 bits per heavy atom. The summed E-state index contributed by atoms with van der Waals surface area (Å²) in [6.45, 7) is 1.79. The monoisotopic (exact) mass is 259 g/mol. The zero-order chi connectivity index (χ0) is 12.7. The van der Waals surface area contributed by atoms with E-state index in [1.807, 2.05) is 28.8 Å². The van der Waals surface area contributed by atoms with Gasteiger partial charge in [-0.15, -0.1) is 0 Å². The summed E-state index contributed by atoms with van der Waals surface area (Å²) in [7, 11) is 0. The Kier molecular flexibility index (Phi) is 2.41. The molecular formula is C12H10ClN5. The SMILES string of the molecule is Cc1nc(N)cc(-c2c(Cl)nc3ccccn23)n1. The number of anilines is 1. The molecule has 0 fully saturated rings. The van der Waals surface area contributed by atoms with E-state index in [1.165, 1.54) is 0 Å². The maximum Gasteiger partial charge on any atom is 0.157 e. The van der Waals surface area contributed by atoms with Crippen LogP contribution in [0.4, 0.5) is 5.82 Å². The van der Waals surface area contributed by atoms with Crippen molar-refractivity contribution in [2.24, 2.45) is 0 Å². The summed E-state index contributed by atoms with van der Waals surface area (Å²) in [5.74, 6) is 1.02. The van der Waals surface area contributed by atoms with Gasteiger partial charge >= 0.3 is 0 Å². The van der Waals surface area contributed by atoms with Crippen molar-refractivity contribution in [1.82, 2.24) is 19.4 Å². The normalized spacial score (nSPS) is 11.0. The van der Waals surface area contributed by atoms with Crippen LogP contribution >= 0.6 is 11.6 Å². The minimum absolute atomic E-state index is 0.402. The summed E-state index contributed by atoms with van der Waals surface area (Å²) in [6.07, 6.45) is 1.89. The van der Waals surface area contributed by atoms with Crippen LogP contribution in [-0.2, 0) is 0 Å². The molecule has 0 aliphatic rings. The number of nitrogen functional groups attached to an aromatic ring is 1. The molecule has 3 heterocycles. The molecule has 18 heavy (non-hydrogen) atoms. The number of aromatic nitrogens is 4. The lowest BCUT2D eigenvalue weighted by Gasteiger charge is -2.03. The van der Waals surface area contributed by atoms with Gasteiger partial charge in [0, 0.05) is 12.3 Å². The average molecular weight is 260 g/mol. The van der Waals surface area contributed by atoms with Crippen LogP contribution in [0, 0.1) is 6.92 Å². The molecule has 90 valence electrons. The molecule has 6 heteroatoms. The zero-order valence-electron chi connectivity index (χ0n) is 9.63. The van der Waals surface area contributed by atoms with E-state index in [1.54, 1.807) is 13.0 Å². The third-order valence-electron chi connectivity index (χ3n) is 2.59. The Labute approximate surface area is 108 Å². The minimum Gasteiger partial charge on any atom is -0.384 e. The van der Waals surface area contributed by atoms with Gasteiger partial charge < -0.3 is 5.73 Å². The summed E-state index contributed by atoms with van der Waals surface area (Å²) in [6, 6.07) is 7.38. The lowest BCUT2D eigenvalue weighted by Crippen LogP contribution is -1.99. The number of aryl methyl sites for hydroxylation is 1. The van der Waals surface area contributed by atoms with Gasteiger partial charge in [-0.25, -0.2) is 15.0 Å². The molecule has 0 amide bonds. The molecule has 0 atom stereocenters. The van der Waals surface area contributed by atoms with E-state index in [0.29, 0.717) is 22.5 Å². The quantitative estimate of drug-likeness (QED) is 0.728. The van der Waals surface area contributed by atoms with E-state index >= 15 is 0 Å². The highest BCUT2D eigenvalue weighted by atomic mass is 35.5. The van der Waals surface area contributed by atoms with Crippen LogP contribution in [0.15, 0.2) is 30.5 Å². The van der Waals surface area contributed by atoms with Gasteiger partial charge in [0.15, 0.2) is 5.15 Å². The van der Waals surface area contributed by atoms with E-state index in [9.17, 15) is 0 Å². The Bertz CT molecular complexity index is 714. The van der Waals surface area contributed by atoms with Crippen molar-refractivity contribution in [3.8, 4) is 11.4 Å². The van der Waals surface area contributed by atoms with Crippen molar-refractivity contribution < 1.29 is 0 Å². The molecule has 3 rings (SSSR count). The first kappa shape index (κ1) is 11.0. The lowest BCUT2D eigenvalue weighted by molar-refractivity contribution is 1.05. The van der Waals surface area contributed by atoms with Gasteiger partial charge in [0.25, 0.3) is 0 Å². The second kappa shape index (κ2) is 3.96. The number of pyridine rings is 1. The standard InChI is InChI=1S/C12H10ClN5/c1-7-15-8(6-9(14)16-7)11-12(13)17-10-4-2-3-5-18(10)11/h2-6H,1H3,(H2,14,15,16). The Balaban J connectivity index is 2.34. The van der Waals surface area contributed by atoms with Gasteiger partial charge in [0.05, 0.1) is 5.69 Å². The average Bonchev–Trinajstić information content (AvgIpc) is 2.63. The van der Waals surface area contributed by atoms with E-state index < -0.39 is 0 Å². The first-order valence-electron chi connectivity index (χ1n) is 5.39. The third-order valence-corrected chi connectivity index (χ3v) is 2.85.